The summed E-state index contributed by atoms with van der Waals surface area (Å²) in [6.07, 6.45) is -3.68. The fourth-order valence-electron chi connectivity index (χ4n) is 11.7. The van der Waals surface area contributed by atoms with Crippen LogP contribution in [0.4, 0.5) is 0 Å². The summed E-state index contributed by atoms with van der Waals surface area (Å²) < 4.78 is 42.7. The molecule has 0 aliphatic carbocycles. The summed E-state index contributed by atoms with van der Waals surface area (Å²) in [5.41, 5.74) is -1.06. The number of aliphatic hydroxyl groups is 6. The van der Waals surface area contributed by atoms with Gasteiger partial charge in [-0.3, -0.25) is 9.48 Å². The van der Waals surface area contributed by atoms with Crippen LogP contribution >= 0.6 is 22.6 Å². The molecule has 0 spiro atoms. The highest BCUT2D eigenvalue weighted by molar-refractivity contribution is 14.1. The molecule has 430 valence electrons. The normalized spacial score (nSPS) is 37.7. The molecule has 22 heteroatoms. The molecule has 6 rings (SSSR count). The molecule has 6 N–H and O–H groups in total. The van der Waals surface area contributed by atoms with Gasteiger partial charge in [0.25, 0.3) is 0 Å². The third kappa shape index (κ3) is 14.7. The second kappa shape index (κ2) is 26.6. The number of carbonyl (C=O) groups excluding carboxylic acids is 1. The average molecular weight is 1190 g/mol. The van der Waals surface area contributed by atoms with Gasteiger partial charge in [-0.25, -0.2) is 4.68 Å². The zero-order chi connectivity index (χ0) is 56.0. The van der Waals surface area contributed by atoms with Gasteiger partial charge in [0.1, 0.15) is 39.4 Å². The zero-order valence-electron chi connectivity index (χ0n) is 47.0. The van der Waals surface area contributed by atoms with Crippen LogP contribution in [0.5, 0.6) is 0 Å². The lowest BCUT2D eigenvalue weighted by molar-refractivity contribution is -0.318. The average Bonchev–Trinajstić information content (AvgIpc) is 4.00. The number of aliphatic hydroxyl groups excluding tert-OH is 4. The summed E-state index contributed by atoms with van der Waals surface area (Å²) in [6, 6.07) is 7.21. The van der Waals surface area contributed by atoms with Crippen molar-refractivity contribution in [3.63, 3.8) is 0 Å². The molecular formula is C54H89IN8O13. The van der Waals surface area contributed by atoms with Gasteiger partial charge in [0.15, 0.2) is 12.6 Å². The molecule has 0 unspecified atom stereocenters. The SMILES string of the molecule is CC[C@H]1OC(=O)[C@H](C)[C@@H](O[C@H]2C[C@@](C)(OC)[C@@H](O)[C@H](C)O2)[C@H](C)[C@@H](O[C@@H]2O[C@H](C)C[C@H](N(C)CCc3cn(CCCCc4ccc(-n5nnc(CO)c5I)cc4)nn3)[C@H]2O)[C@](C)(O)C[C@@H](C)CN(C)[C@H](C)[C@@H](O)[C@]1(C)O. The van der Waals surface area contributed by atoms with Crippen molar-refractivity contribution in [1.82, 2.24) is 39.8 Å². The molecule has 5 heterocycles. The number of esters is 1. The van der Waals surface area contributed by atoms with Crippen molar-refractivity contribution in [2.75, 3.05) is 34.3 Å². The van der Waals surface area contributed by atoms with Gasteiger partial charge < -0.3 is 68.9 Å². The van der Waals surface area contributed by atoms with Gasteiger partial charge in [0, 0.05) is 63.8 Å². The predicted molar refractivity (Wildman–Crippen MR) is 290 cm³/mol. The van der Waals surface area contributed by atoms with Crippen LogP contribution in [0, 0.1) is 21.5 Å². The molecule has 2 aromatic heterocycles. The lowest BCUT2D eigenvalue weighted by Gasteiger charge is -2.49. The van der Waals surface area contributed by atoms with Crippen LogP contribution < -0.4 is 0 Å². The third-order valence-electron chi connectivity index (χ3n) is 16.5. The summed E-state index contributed by atoms with van der Waals surface area (Å²) in [4.78, 5) is 18.5. The van der Waals surface area contributed by atoms with Crippen LogP contribution in [0.15, 0.2) is 30.5 Å². The van der Waals surface area contributed by atoms with E-state index in [4.69, 9.17) is 28.4 Å². The molecule has 3 aromatic rings. The Labute approximate surface area is 463 Å². The summed E-state index contributed by atoms with van der Waals surface area (Å²) >= 11 is 2.14. The number of aryl methyl sites for hydroxylation is 2. The molecule has 3 fully saturated rings. The summed E-state index contributed by atoms with van der Waals surface area (Å²) in [7, 11) is 5.30. The summed E-state index contributed by atoms with van der Waals surface area (Å²) in [6.45, 7) is 19.1. The van der Waals surface area contributed by atoms with E-state index in [0.29, 0.717) is 38.2 Å². The molecule has 0 radical (unpaired) electrons. The topological polar surface area (TPSA) is 262 Å². The van der Waals surface area contributed by atoms with Crippen molar-refractivity contribution in [1.29, 1.82) is 0 Å². The number of methoxy groups -OCH3 is 1. The van der Waals surface area contributed by atoms with E-state index in [2.05, 4.69) is 60.2 Å². The second-order valence-electron chi connectivity index (χ2n) is 22.9. The smallest absolute Gasteiger partial charge is 0.311 e. The number of carbonyl (C=O) groups is 1. The first-order valence-electron chi connectivity index (χ1n) is 27.2. The maximum atomic E-state index is 14.5. The van der Waals surface area contributed by atoms with Crippen LogP contribution in [0.1, 0.15) is 125 Å². The van der Waals surface area contributed by atoms with E-state index in [0.717, 1.165) is 34.3 Å². The monoisotopic (exact) mass is 1180 g/mol. The number of aromatic nitrogens is 6. The molecule has 0 saturated carbocycles. The summed E-state index contributed by atoms with van der Waals surface area (Å²) in [5.74, 6) is -2.77. The molecule has 76 heavy (non-hydrogen) atoms. The van der Waals surface area contributed by atoms with E-state index < -0.39 is 102 Å². The maximum absolute atomic E-state index is 14.5. The molecule has 3 aliphatic rings. The van der Waals surface area contributed by atoms with Gasteiger partial charge in [0.2, 0.25) is 0 Å². The van der Waals surface area contributed by atoms with Gasteiger partial charge >= 0.3 is 5.97 Å². The first-order chi connectivity index (χ1) is 35.7. The van der Waals surface area contributed by atoms with Crippen molar-refractivity contribution in [3.8, 4) is 5.69 Å². The molecule has 3 aliphatic heterocycles. The van der Waals surface area contributed by atoms with Crippen LogP contribution in [0.2, 0.25) is 0 Å². The molecule has 0 bridgehead atoms. The highest BCUT2D eigenvalue weighted by Gasteiger charge is 2.53. The standard InChI is InChI=1S/C54H89IN8O13/c1-14-42-54(10,70)46(66)35(6)61(12)28-31(2)26-52(8,69)48(33(4)45(34(5)50(68)74-42)75-43-27-53(9,71-13)47(67)36(7)73-43)76-51-44(65)41(25-32(3)72-51)60(11)24-22-38-29-62(58-56-38)23-16-15-17-37-18-20-39(21-19-37)63-49(55)40(30-64)57-59-63/h18-21,29,31-36,41-48,51,64-67,69-70H,14-17,22-28,30H2,1-13H3/t31-,32-,33+,34-,35-,36+,41+,42-,43+,44-,45+,46-,47+,48-,51+,52-,53-,54-/m1/s1. The largest absolute Gasteiger partial charge is 0.459 e. The number of cyclic esters (lactones) is 1. The van der Waals surface area contributed by atoms with Gasteiger partial charge in [0.05, 0.1) is 59.5 Å². The van der Waals surface area contributed by atoms with Gasteiger partial charge in [-0.05, 0) is 147 Å². The fraction of sp³-hybridized carbons (Fsp3) is 0.796. The second-order valence-corrected chi connectivity index (χ2v) is 23.9. The van der Waals surface area contributed by atoms with E-state index in [1.165, 1.54) is 19.6 Å². The Morgan fingerprint density at radius 1 is 0.921 bits per heavy atom. The molecule has 1 aromatic carbocycles. The Morgan fingerprint density at radius 3 is 2.26 bits per heavy atom. The van der Waals surface area contributed by atoms with Crippen molar-refractivity contribution < 1.29 is 63.9 Å². The van der Waals surface area contributed by atoms with Crippen molar-refractivity contribution in [3.05, 3.63) is 51.1 Å². The van der Waals surface area contributed by atoms with E-state index in [1.54, 1.807) is 46.2 Å². The fourth-order valence-corrected chi connectivity index (χ4v) is 12.3. The van der Waals surface area contributed by atoms with E-state index in [9.17, 15) is 35.4 Å². The molecule has 18 atom stereocenters. The van der Waals surface area contributed by atoms with E-state index in [1.807, 2.05) is 62.8 Å². The Kier molecular flexibility index (Phi) is 21.9. The Balaban J connectivity index is 1.17. The number of ether oxygens (including phenoxy) is 6. The van der Waals surface area contributed by atoms with Crippen molar-refractivity contribution in [2.24, 2.45) is 17.8 Å². The minimum absolute atomic E-state index is 0.103. The number of nitrogens with zero attached hydrogens (tertiary/aromatic N) is 8. The number of likely N-dealkylation sites (N-methyl/N-ethyl adjacent to an activating group) is 2. The number of hydrogen-bond donors (Lipinski definition) is 6. The minimum Gasteiger partial charge on any atom is -0.459 e. The molecular weight excluding hydrogens is 1100 g/mol. The Bertz CT molecular complexity index is 2290. The van der Waals surface area contributed by atoms with E-state index in [-0.39, 0.29) is 37.9 Å². The Morgan fingerprint density at radius 2 is 1.62 bits per heavy atom. The molecule has 3 saturated heterocycles. The number of halogens is 1. The highest BCUT2D eigenvalue weighted by Crippen LogP contribution is 2.40. The van der Waals surface area contributed by atoms with Crippen LogP contribution in [0.25, 0.3) is 5.69 Å². The first kappa shape index (κ1) is 62.4. The van der Waals surface area contributed by atoms with Crippen molar-refractivity contribution >= 4 is 28.6 Å². The predicted octanol–water partition coefficient (Wildman–Crippen LogP) is 3.81. The Hall–Kier alpha value is -2.82. The van der Waals surface area contributed by atoms with Crippen LogP contribution in [0.3, 0.4) is 0 Å². The highest BCUT2D eigenvalue weighted by atomic mass is 127. The van der Waals surface area contributed by atoms with Crippen LogP contribution in [-0.2, 0) is 59.2 Å². The third-order valence-corrected chi connectivity index (χ3v) is 17.6. The van der Waals surface area contributed by atoms with E-state index >= 15 is 0 Å². The lowest BCUT2D eigenvalue weighted by Crippen LogP contribution is -2.61. The lowest BCUT2D eigenvalue weighted by atomic mass is 9.77. The quantitative estimate of drug-likeness (QED) is 0.0638. The number of rotatable bonds is 17. The summed E-state index contributed by atoms with van der Waals surface area (Å²) in [5, 5.41) is 86.3. The van der Waals surface area contributed by atoms with Gasteiger partial charge in [-0.1, -0.05) is 43.3 Å². The van der Waals surface area contributed by atoms with Crippen LogP contribution in [-0.4, -0.2) is 201 Å². The first-order valence-corrected chi connectivity index (χ1v) is 28.3. The number of benzene rings is 1. The molecule has 21 nitrogen and oxygen atoms in total. The number of hydrogen-bond acceptors (Lipinski definition) is 19. The minimum atomic E-state index is -1.84. The van der Waals surface area contributed by atoms with Gasteiger partial charge in [-0.2, -0.15) is 0 Å². The molecule has 0 amide bonds. The maximum Gasteiger partial charge on any atom is 0.311 e. The van der Waals surface area contributed by atoms with Crippen molar-refractivity contribution in [2.45, 2.75) is 224 Å². The zero-order valence-corrected chi connectivity index (χ0v) is 49.2. The number of unbranched alkanes of at least 4 members (excludes halogenated alkanes) is 1. The van der Waals surface area contributed by atoms with Gasteiger partial charge in [-0.15, -0.1) is 10.2 Å².